The Kier molecular flexibility index (Phi) is 7.39. The molecule has 3 aromatic rings. The van der Waals surface area contributed by atoms with Crippen molar-refractivity contribution in [3.05, 3.63) is 35.9 Å². The Labute approximate surface area is 234 Å². The van der Waals surface area contributed by atoms with Crippen molar-refractivity contribution in [2.75, 3.05) is 35.8 Å². The second-order valence-electron chi connectivity index (χ2n) is 10.9. The summed E-state index contributed by atoms with van der Waals surface area (Å²) in [6, 6.07) is 3.07. The van der Waals surface area contributed by atoms with Crippen LogP contribution in [0.1, 0.15) is 33.3 Å². The first-order valence-electron chi connectivity index (χ1n) is 13.0. The number of anilines is 3. The summed E-state index contributed by atoms with van der Waals surface area (Å²) in [5, 5.41) is 8.51. The number of aromatic nitrogens is 2. The van der Waals surface area contributed by atoms with Gasteiger partial charge in [-0.25, -0.2) is 23.9 Å². The van der Waals surface area contributed by atoms with E-state index in [0.29, 0.717) is 35.4 Å². The number of nitrogens with zero attached hydrogens (tertiary/aromatic N) is 2. The molecule has 2 atom stereocenters. The largest absolute Gasteiger partial charge is 0.466 e. The van der Waals surface area contributed by atoms with Crippen LogP contribution in [0.25, 0.3) is 21.9 Å². The van der Waals surface area contributed by atoms with E-state index in [2.05, 4.69) is 25.9 Å². The minimum absolute atomic E-state index is 0.0565. The minimum atomic E-state index is -0.866. The first-order chi connectivity index (χ1) is 19.4. The normalized spacial score (nSPS) is 18.2. The number of hydrogen-bond donors (Lipinski definition) is 3. The average molecular weight is 568 g/mol. The summed E-state index contributed by atoms with van der Waals surface area (Å²) in [7, 11) is 0. The smallest absolute Gasteiger partial charge is 0.413 e. The van der Waals surface area contributed by atoms with E-state index in [1.807, 2.05) is 6.92 Å². The first kappa shape index (κ1) is 28.0. The Morgan fingerprint density at radius 3 is 2.59 bits per heavy atom. The van der Waals surface area contributed by atoms with Gasteiger partial charge in [0.05, 0.1) is 18.9 Å². The van der Waals surface area contributed by atoms with Crippen molar-refractivity contribution < 1.29 is 37.7 Å². The maximum absolute atomic E-state index is 16.2. The van der Waals surface area contributed by atoms with Crippen molar-refractivity contribution in [2.24, 2.45) is 5.92 Å². The lowest BCUT2D eigenvalue weighted by Gasteiger charge is -2.22. The van der Waals surface area contributed by atoms with Crippen LogP contribution >= 0.6 is 0 Å². The molecule has 41 heavy (non-hydrogen) atoms. The third-order valence-corrected chi connectivity index (χ3v) is 6.57. The Morgan fingerprint density at radius 1 is 1.10 bits per heavy atom. The van der Waals surface area contributed by atoms with Gasteiger partial charge in [-0.15, -0.1) is 0 Å². The molecular formula is C28H30FN5O7. The zero-order chi connectivity index (χ0) is 29.5. The fourth-order valence-corrected chi connectivity index (χ4v) is 4.54. The number of benzene rings is 1. The molecule has 0 saturated carbocycles. The molecule has 0 spiro atoms. The Balaban J connectivity index is 1.56. The van der Waals surface area contributed by atoms with Crippen molar-refractivity contribution in [2.45, 2.75) is 46.3 Å². The standard InChI is InChI=1S/C28H30FN5O7/c1-13-10-38-11-19(13)40-26(36)32-20-7-15-6-16(17-8-31-25-23(14(17)2)33-21(35)12-39-25)22(29)24(18(15)9-30-20)34-27(37)41-28(3,4)5/h6-9,13,19H,10-12H2,1-5H3,(H,33,35)(H,34,37)(H,30,32,36)/t13-,19-/m1/s1. The fourth-order valence-electron chi connectivity index (χ4n) is 4.54. The summed E-state index contributed by atoms with van der Waals surface area (Å²) in [6.45, 7) is 9.31. The van der Waals surface area contributed by atoms with Gasteiger partial charge >= 0.3 is 12.2 Å². The lowest BCUT2D eigenvalue weighted by atomic mass is 9.96. The molecule has 0 bridgehead atoms. The number of fused-ring (bicyclic) bond motifs is 2. The number of carbonyl (C=O) groups is 3. The van der Waals surface area contributed by atoms with Gasteiger partial charge in [0, 0.05) is 34.8 Å². The molecule has 0 unspecified atom stereocenters. The number of ether oxygens (including phenoxy) is 4. The van der Waals surface area contributed by atoms with E-state index in [1.165, 1.54) is 24.5 Å². The van der Waals surface area contributed by atoms with Gasteiger partial charge in [-0.1, -0.05) is 6.92 Å². The third kappa shape index (κ3) is 5.99. The maximum Gasteiger partial charge on any atom is 0.413 e. The number of halogens is 1. The lowest BCUT2D eigenvalue weighted by Crippen LogP contribution is -2.28. The molecule has 0 radical (unpaired) electrons. The van der Waals surface area contributed by atoms with Crippen LogP contribution in [0.2, 0.25) is 0 Å². The van der Waals surface area contributed by atoms with Crippen LogP contribution in [0, 0.1) is 18.7 Å². The van der Waals surface area contributed by atoms with Crippen molar-refractivity contribution in [1.82, 2.24) is 9.97 Å². The van der Waals surface area contributed by atoms with Gasteiger partial charge in [0.15, 0.2) is 12.4 Å². The van der Waals surface area contributed by atoms with E-state index in [0.717, 1.165) is 0 Å². The van der Waals surface area contributed by atoms with Crippen LogP contribution in [0.5, 0.6) is 5.88 Å². The van der Waals surface area contributed by atoms with Crippen LogP contribution in [0.4, 0.5) is 31.2 Å². The minimum Gasteiger partial charge on any atom is -0.466 e. The van der Waals surface area contributed by atoms with Gasteiger partial charge in [0.25, 0.3) is 5.91 Å². The number of pyridine rings is 2. The average Bonchev–Trinajstić information content (AvgIpc) is 3.29. The highest BCUT2D eigenvalue weighted by atomic mass is 19.1. The molecule has 12 nitrogen and oxygen atoms in total. The maximum atomic E-state index is 16.2. The molecule has 1 fully saturated rings. The molecule has 216 valence electrons. The Hall–Kier alpha value is -4.52. The van der Waals surface area contributed by atoms with Gasteiger partial charge in [0.1, 0.15) is 23.2 Å². The van der Waals surface area contributed by atoms with Crippen LogP contribution in [-0.4, -0.2) is 59.6 Å². The van der Waals surface area contributed by atoms with E-state index >= 15 is 4.39 Å². The summed E-state index contributed by atoms with van der Waals surface area (Å²) < 4.78 is 37.7. The Morgan fingerprint density at radius 2 is 1.88 bits per heavy atom. The van der Waals surface area contributed by atoms with E-state index < -0.39 is 23.6 Å². The number of hydrogen-bond acceptors (Lipinski definition) is 9. The second-order valence-corrected chi connectivity index (χ2v) is 10.9. The fraction of sp³-hybridized carbons (Fsp3) is 0.393. The zero-order valence-electron chi connectivity index (χ0n) is 23.2. The predicted octanol–water partition coefficient (Wildman–Crippen LogP) is 5.01. The molecule has 0 aliphatic carbocycles. The molecule has 1 saturated heterocycles. The van der Waals surface area contributed by atoms with Crippen molar-refractivity contribution in [1.29, 1.82) is 0 Å². The lowest BCUT2D eigenvalue weighted by molar-refractivity contribution is -0.118. The Bertz CT molecular complexity index is 1560. The van der Waals surface area contributed by atoms with E-state index in [9.17, 15) is 14.4 Å². The van der Waals surface area contributed by atoms with Crippen LogP contribution < -0.4 is 20.7 Å². The van der Waals surface area contributed by atoms with E-state index in [1.54, 1.807) is 27.7 Å². The van der Waals surface area contributed by atoms with Gasteiger partial charge in [0.2, 0.25) is 5.88 Å². The molecule has 2 aliphatic heterocycles. The van der Waals surface area contributed by atoms with Crippen LogP contribution in [0.15, 0.2) is 24.5 Å². The number of carbonyl (C=O) groups excluding carboxylic acids is 3. The van der Waals surface area contributed by atoms with Crippen LogP contribution in [-0.2, 0) is 19.0 Å². The molecular weight excluding hydrogens is 537 g/mol. The molecule has 1 aromatic carbocycles. The van der Waals surface area contributed by atoms with Crippen LogP contribution in [0.3, 0.4) is 0 Å². The summed E-state index contributed by atoms with van der Waals surface area (Å²) in [6.07, 6.45) is 0.798. The second kappa shape index (κ2) is 10.8. The third-order valence-electron chi connectivity index (χ3n) is 6.57. The predicted molar refractivity (Wildman–Crippen MR) is 148 cm³/mol. The molecule has 5 rings (SSSR count). The molecule has 3 N–H and O–H groups in total. The summed E-state index contributed by atoms with van der Waals surface area (Å²) >= 11 is 0. The number of nitrogens with one attached hydrogen (secondary N) is 3. The van der Waals surface area contributed by atoms with Gasteiger partial charge in [-0.3, -0.25) is 15.4 Å². The van der Waals surface area contributed by atoms with E-state index in [4.69, 9.17) is 18.9 Å². The van der Waals surface area contributed by atoms with Crippen molar-refractivity contribution in [3.8, 4) is 17.0 Å². The van der Waals surface area contributed by atoms with Gasteiger partial charge in [-0.2, -0.15) is 0 Å². The van der Waals surface area contributed by atoms with Crippen molar-refractivity contribution in [3.63, 3.8) is 0 Å². The first-order valence-corrected chi connectivity index (χ1v) is 13.0. The van der Waals surface area contributed by atoms with E-state index in [-0.39, 0.29) is 52.9 Å². The highest BCUT2D eigenvalue weighted by Gasteiger charge is 2.29. The summed E-state index contributed by atoms with van der Waals surface area (Å²) in [4.78, 5) is 45.7. The monoisotopic (exact) mass is 567 g/mol. The SMILES string of the molecule is Cc1c(-c2cc3cc(NC(=O)O[C@@H]4COC[C@H]4C)ncc3c(NC(=O)OC(C)(C)C)c2F)cnc2c1NC(=O)CO2. The molecule has 4 heterocycles. The van der Waals surface area contributed by atoms with Crippen molar-refractivity contribution >= 4 is 46.1 Å². The van der Waals surface area contributed by atoms with Gasteiger partial charge in [-0.05, 0) is 50.8 Å². The zero-order valence-corrected chi connectivity index (χ0v) is 23.2. The topological polar surface area (TPSA) is 150 Å². The summed E-state index contributed by atoms with van der Waals surface area (Å²) in [5.41, 5.74) is 0.249. The highest BCUT2D eigenvalue weighted by Crippen LogP contribution is 2.40. The molecule has 3 amide bonds. The molecule has 2 aliphatic rings. The molecule has 13 heteroatoms. The number of rotatable bonds is 4. The van der Waals surface area contributed by atoms with Gasteiger partial charge < -0.3 is 24.3 Å². The highest BCUT2D eigenvalue weighted by molar-refractivity contribution is 6.05. The number of amides is 3. The quantitative estimate of drug-likeness (QED) is 0.395. The summed E-state index contributed by atoms with van der Waals surface area (Å²) in [5.74, 6) is -0.710. The molecule has 2 aromatic heterocycles.